The zero-order valence-electron chi connectivity index (χ0n) is 10.8. The lowest BCUT2D eigenvalue weighted by atomic mass is 9.64. The van der Waals surface area contributed by atoms with Crippen molar-refractivity contribution in [2.24, 2.45) is 11.3 Å². The van der Waals surface area contributed by atoms with Crippen LogP contribution in [0.25, 0.3) is 0 Å². The smallest absolute Gasteiger partial charge is 0.0659 e. The minimum absolute atomic E-state index is 0.385. The Morgan fingerprint density at radius 3 is 2.35 bits per heavy atom. The molecule has 0 aliphatic heterocycles. The Bertz CT molecular complexity index is 254. The molecule has 0 N–H and O–H groups in total. The molecule has 98 valence electrons. The lowest BCUT2D eigenvalue weighted by molar-refractivity contribution is -0.115. The van der Waals surface area contributed by atoms with E-state index in [1.165, 1.54) is 57.8 Å². The Hall–Kier alpha value is 0.250. The molecule has 3 aliphatic rings. The monoisotopic (exact) mass is 256 g/mol. The van der Waals surface area contributed by atoms with Crippen LogP contribution in [0, 0.1) is 11.3 Å². The molecule has 2 heteroatoms. The summed E-state index contributed by atoms with van der Waals surface area (Å²) in [5.41, 5.74) is 0.385. The van der Waals surface area contributed by atoms with E-state index in [4.69, 9.17) is 16.3 Å². The highest BCUT2D eigenvalue weighted by Crippen LogP contribution is 2.57. The van der Waals surface area contributed by atoms with Gasteiger partial charge in [-0.3, -0.25) is 0 Å². The molecular weight excluding hydrogens is 232 g/mol. The van der Waals surface area contributed by atoms with Crippen molar-refractivity contribution in [3.63, 3.8) is 0 Å². The fraction of sp³-hybridized carbons (Fsp3) is 1.00. The Labute approximate surface area is 110 Å². The van der Waals surface area contributed by atoms with Gasteiger partial charge in [-0.05, 0) is 38.0 Å². The summed E-state index contributed by atoms with van der Waals surface area (Å²) in [7, 11) is 0. The molecule has 0 aromatic rings. The molecule has 2 atom stereocenters. The molecule has 0 heterocycles. The third-order valence-corrected chi connectivity index (χ3v) is 6.09. The fourth-order valence-electron chi connectivity index (χ4n) is 4.21. The van der Waals surface area contributed by atoms with Crippen LogP contribution in [-0.2, 0) is 4.74 Å². The highest BCUT2D eigenvalue weighted by Gasteiger charge is 2.56. The molecule has 0 saturated heterocycles. The summed E-state index contributed by atoms with van der Waals surface area (Å²) in [6.45, 7) is 1.01. The molecular formula is C15H25ClO. The third-order valence-electron chi connectivity index (χ3n) is 5.48. The summed E-state index contributed by atoms with van der Waals surface area (Å²) < 4.78 is 6.24. The number of halogens is 1. The summed E-state index contributed by atoms with van der Waals surface area (Å²) in [5, 5.41) is 0.404. The summed E-state index contributed by atoms with van der Waals surface area (Å²) in [6, 6.07) is 0. The molecule has 0 aromatic heterocycles. The molecule has 2 unspecified atom stereocenters. The summed E-state index contributed by atoms with van der Waals surface area (Å²) >= 11 is 6.45. The largest absolute Gasteiger partial charge is 0.377 e. The maximum atomic E-state index is 6.45. The van der Waals surface area contributed by atoms with Gasteiger partial charge in [-0.25, -0.2) is 0 Å². The van der Waals surface area contributed by atoms with E-state index in [1.807, 2.05) is 0 Å². The highest BCUT2D eigenvalue weighted by atomic mass is 35.5. The van der Waals surface area contributed by atoms with Crippen molar-refractivity contribution in [2.45, 2.75) is 75.7 Å². The van der Waals surface area contributed by atoms with Gasteiger partial charge in [0.1, 0.15) is 0 Å². The van der Waals surface area contributed by atoms with E-state index in [1.54, 1.807) is 0 Å². The maximum absolute atomic E-state index is 6.45. The van der Waals surface area contributed by atoms with Crippen molar-refractivity contribution in [2.75, 3.05) is 6.61 Å². The second-order valence-electron chi connectivity index (χ2n) is 6.47. The second kappa shape index (κ2) is 5.09. The van der Waals surface area contributed by atoms with E-state index in [2.05, 4.69) is 0 Å². The van der Waals surface area contributed by atoms with Gasteiger partial charge >= 0.3 is 0 Å². The van der Waals surface area contributed by atoms with Gasteiger partial charge in [0.05, 0.1) is 6.10 Å². The molecule has 0 bridgehead atoms. The van der Waals surface area contributed by atoms with Gasteiger partial charge < -0.3 is 4.74 Å². The standard InChI is InChI=1S/C15H25ClO/c16-13-10-14(15(13)8-4-5-9-15)17-11-12-6-2-1-3-7-12/h12-14H,1-11H2. The molecule has 3 aliphatic carbocycles. The van der Waals surface area contributed by atoms with Crippen LogP contribution in [0.1, 0.15) is 64.2 Å². The minimum atomic E-state index is 0.385. The second-order valence-corrected chi connectivity index (χ2v) is 7.00. The van der Waals surface area contributed by atoms with Crippen molar-refractivity contribution in [3.8, 4) is 0 Å². The van der Waals surface area contributed by atoms with Crippen LogP contribution in [0.15, 0.2) is 0 Å². The van der Waals surface area contributed by atoms with Gasteiger partial charge in [-0.15, -0.1) is 11.6 Å². The molecule has 17 heavy (non-hydrogen) atoms. The normalized spacial score (nSPS) is 37.2. The molecule has 0 radical (unpaired) electrons. The Kier molecular flexibility index (Phi) is 3.68. The lowest BCUT2D eigenvalue weighted by Gasteiger charge is -2.51. The van der Waals surface area contributed by atoms with Gasteiger partial charge in [-0.1, -0.05) is 32.1 Å². The quantitative estimate of drug-likeness (QED) is 0.675. The van der Waals surface area contributed by atoms with Crippen molar-refractivity contribution >= 4 is 11.6 Å². The average Bonchev–Trinajstić information content (AvgIpc) is 2.88. The zero-order chi connectivity index (χ0) is 11.7. The van der Waals surface area contributed by atoms with Crippen LogP contribution in [0.5, 0.6) is 0 Å². The molecule has 3 rings (SSSR count). The number of alkyl halides is 1. The molecule has 3 fully saturated rings. The summed E-state index contributed by atoms with van der Waals surface area (Å²) in [6.07, 6.45) is 14.0. The molecule has 1 nitrogen and oxygen atoms in total. The SMILES string of the molecule is ClC1CC(OCC2CCCCC2)C12CCCC2. The van der Waals surface area contributed by atoms with Crippen molar-refractivity contribution in [1.29, 1.82) is 0 Å². The predicted octanol–water partition coefficient (Wildman–Crippen LogP) is 4.52. The Morgan fingerprint density at radius 1 is 1.00 bits per heavy atom. The number of rotatable bonds is 3. The van der Waals surface area contributed by atoms with Gasteiger partial charge in [0.15, 0.2) is 0 Å². The summed E-state index contributed by atoms with van der Waals surface area (Å²) in [5.74, 6) is 0.844. The number of hydrogen-bond acceptors (Lipinski definition) is 1. The maximum Gasteiger partial charge on any atom is 0.0659 e. The van der Waals surface area contributed by atoms with E-state index in [9.17, 15) is 0 Å². The van der Waals surface area contributed by atoms with Crippen molar-refractivity contribution < 1.29 is 4.74 Å². The first-order valence-electron chi connectivity index (χ1n) is 7.57. The van der Waals surface area contributed by atoms with Gasteiger partial charge in [0.2, 0.25) is 0 Å². The fourth-order valence-corrected chi connectivity index (χ4v) is 4.73. The van der Waals surface area contributed by atoms with Crippen LogP contribution in [-0.4, -0.2) is 18.1 Å². The first-order valence-corrected chi connectivity index (χ1v) is 8.00. The van der Waals surface area contributed by atoms with Crippen molar-refractivity contribution in [1.82, 2.24) is 0 Å². The van der Waals surface area contributed by atoms with Crippen LogP contribution < -0.4 is 0 Å². The average molecular weight is 257 g/mol. The lowest BCUT2D eigenvalue weighted by Crippen LogP contribution is -2.54. The minimum Gasteiger partial charge on any atom is -0.377 e. The Balaban J connectivity index is 1.49. The van der Waals surface area contributed by atoms with Crippen LogP contribution in [0.3, 0.4) is 0 Å². The van der Waals surface area contributed by atoms with Gasteiger partial charge in [0.25, 0.3) is 0 Å². The van der Waals surface area contributed by atoms with Crippen LogP contribution >= 0.6 is 11.6 Å². The highest BCUT2D eigenvalue weighted by molar-refractivity contribution is 6.21. The molecule has 1 spiro atoms. The first-order chi connectivity index (χ1) is 8.31. The molecule has 0 aromatic carbocycles. The van der Waals surface area contributed by atoms with E-state index < -0.39 is 0 Å². The number of hydrogen-bond donors (Lipinski definition) is 0. The third kappa shape index (κ3) is 2.26. The van der Waals surface area contributed by atoms with E-state index in [0.717, 1.165) is 18.9 Å². The zero-order valence-corrected chi connectivity index (χ0v) is 11.6. The van der Waals surface area contributed by atoms with Crippen molar-refractivity contribution in [3.05, 3.63) is 0 Å². The predicted molar refractivity (Wildman–Crippen MR) is 71.5 cm³/mol. The van der Waals surface area contributed by atoms with E-state index in [-0.39, 0.29) is 0 Å². The van der Waals surface area contributed by atoms with Crippen LogP contribution in [0.4, 0.5) is 0 Å². The van der Waals surface area contributed by atoms with E-state index in [0.29, 0.717) is 16.9 Å². The van der Waals surface area contributed by atoms with E-state index >= 15 is 0 Å². The molecule has 3 saturated carbocycles. The Morgan fingerprint density at radius 2 is 1.71 bits per heavy atom. The number of ether oxygens (including phenoxy) is 1. The summed E-state index contributed by atoms with van der Waals surface area (Å²) in [4.78, 5) is 0. The topological polar surface area (TPSA) is 9.23 Å². The van der Waals surface area contributed by atoms with Gasteiger partial charge in [0, 0.05) is 17.4 Å². The first kappa shape index (κ1) is 12.3. The molecule has 0 amide bonds. The van der Waals surface area contributed by atoms with Crippen LogP contribution in [0.2, 0.25) is 0 Å². The van der Waals surface area contributed by atoms with Gasteiger partial charge in [-0.2, -0.15) is 0 Å².